The number of carbonyl (C=O) groups excluding carboxylic acids is 2. The third kappa shape index (κ3) is 6.45. The van der Waals surface area contributed by atoms with E-state index in [1.54, 1.807) is 20.8 Å². The number of likely N-dealkylation sites (tertiary alicyclic amines) is 1. The Labute approximate surface area is 134 Å². The average molecular weight is 331 g/mol. The standard InChI is InChI=1S/C15H29NO5Si/c1-14(2,3)19-13(18)16-10-11(9-12(16)17)20-22(7,8)21-15(4,5)6/h11H,9-10H2,1-8H3/t11-/m1/s1. The van der Waals surface area contributed by atoms with Crippen molar-refractivity contribution in [3.63, 3.8) is 0 Å². The normalized spacial score (nSPS) is 20.5. The maximum absolute atomic E-state index is 12.0. The molecule has 0 saturated carbocycles. The number of amides is 2. The van der Waals surface area contributed by atoms with E-state index in [0.717, 1.165) is 4.90 Å². The van der Waals surface area contributed by atoms with Crippen molar-refractivity contribution in [2.24, 2.45) is 0 Å². The largest absolute Gasteiger partial charge is 0.443 e. The molecule has 0 unspecified atom stereocenters. The zero-order valence-electron chi connectivity index (χ0n) is 15.0. The van der Waals surface area contributed by atoms with Crippen molar-refractivity contribution in [1.82, 2.24) is 4.90 Å². The number of hydrogen-bond acceptors (Lipinski definition) is 5. The number of rotatable bonds is 3. The summed E-state index contributed by atoms with van der Waals surface area (Å²) in [5, 5.41) is 0. The maximum Gasteiger partial charge on any atom is 0.417 e. The van der Waals surface area contributed by atoms with Crippen LogP contribution in [0.1, 0.15) is 48.0 Å². The van der Waals surface area contributed by atoms with E-state index in [4.69, 9.17) is 13.6 Å². The zero-order chi connectivity index (χ0) is 17.3. The summed E-state index contributed by atoms with van der Waals surface area (Å²) in [4.78, 5) is 25.1. The summed E-state index contributed by atoms with van der Waals surface area (Å²) in [6, 6.07) is 0. The van der Waals surface area contributed by atoms with Gasteiger partial charge in [-0.15, -0.1) is 0 Å². The van der Waals surface area contributed by atoms with E-state index in [1.165, 1.54) is 0 Å². The quantitative estimate of drug-likeness (QED) is 0.744. The lowest BCUT2D eigenvalue weighted by Crippen LogP contribution is -2.45. The van der Waals surface area contributed by atoms with Gasteiger partial charge in [0.25, 0.3) is 0 Å². The van der Waals surface area contributed by atoms with E-state index in [9.17, 15) is 9.59 Å². The molecule has 0 aromatic rings. The Balaban J connectivity index is 2.64. The minimum absolute atomic E-state index is 0.184. The van der Waals surface area contributed by atoms with E-state index < -0.39 is 20.3 Å². The van der Waals surface area contributed by atoms with Crippen LogP contribution in [0.4, 0.5) is 4.79 Å². The molecule has 0 radical (unpaired) electrons. The van der Waals surface area contributed by atoms with Gasteiger partial charge in [-0.1, -0.05) is 0 Å². The molecule has 1 rings (SSSR count). The summed E-state index contributed by atoms with van der Waals surface area (Å²) in [5.41, 5.74) is -0.928. The third-order valence-corrected chi connectivity index (χ3v) is 4.71. The van der Waals surface area contributed by atoms with E-state index in [1.807, 2.05) is 33.9 Å². The van der Waals surface area contributed by atoms with Crippen LogP contribution < -0.4 is 0 Å². The van der Waals surface area contributed by atoms with Crippen LogP contribution in [0.25, 0.3) is 0 Å². The van der Waals surface area contributed by atoms with E-state index in [2.05, 4.69) is 0 Å². The molecule has 1 aliphatic heterocycles. The molecule has 1 aliphatic rings. The van der Waals surface area contributed by atoms with Crippen LogP contribution in [0.2, 0.25) is 13.1 Å². The van der Waals surface area contributed by atoms with Gasteiger partial charge in [-0.3, -0.25) is 4.79 Å². The Hall–Kier alpha value is -0.923. The van der Waals surface area contributed by atoms with Crippen molar-refractivity contribution < 1.29 is 23.2 Å². The van der Waals surface area contributed by atoms with Crippen LogP contribution in [-0.2, 0) is 18.4 Å². The smallest absolute Gasteiger partial charge is 0.417 e. The Morgan fingerprint density at radius 3 is 2.14 bits per heavy atom. The summed E-state index contributed by atoms with van der Waals surface area (Å²) in [5.74, 6) is -0.264. The van der Waals surface area contributed by atoms with Gasteiger partial charge in [0.15, 0.2) is 0 Å². The minimum atomic E-state index is -2.38. The van der Waals surface area contributed by atoms with Gasteiger partial charge in [-0.2, -0.15) is 0 Å². The van der Waals surface area contributed by atoms with Crippen LogP contribution in [-0.4, -0.2) is 49.3 Å². The van der Waals surface area contributed by atoms with Crippen molar-refractivity contribution in [2.75, 3.05) is 6.54 Å². The Bertz CT molecular complexity index is 436. The van der Waals surface area contributed by atoms with Gasteiger partial charge in [0.05, 0.1) is 24.7 Å². The third-order valence-electron chi connectivity index (χ3n) is 2.71. The van der Waals surface area contributed by atoms with Crippen LogP contribution in [0.3, 0.4) is 0 Å². The highest BCUT2D eigenvalue weighted by atomic mass is 28.4. The summed E-state index contributed by atoms with van der Waals surface area (Å²) < 4.78 is 17.2. The van der Waals surface area contributed by atoms with Crippen LogP contribution in [0, 0.1) is 0 Å². The maximum atomic E-state index is 12.0. The van der Waals surface area contributed by atoms with Gasteiger partial charge < -0.3 is 13.6 Å². The molecule has 0 aromatic carbocycles. The molecule has 0 spiro atoms. The number of ether oxygens (including phenoxy) is 1. The summed E-state index contributed by atoms with van der Waals surface area (Å²) in [6.07, 6.45) is -0.757. The van der Waals surface area contributed by atoms with Gasteiger partial charge in [-0.05, 0) is 54.6 Å². The molecule has 2 amide bonds. The molecule has 6 nitrogen and oxygen atoms in total. The highest BCUT2D eigenvalue weighted by molar-refractivity contribution is 6.64. The van der Waals surface area contributed by atoms with E-state index in [0.29, 0.717) is 0 Å². The average Bonchev–Trinajstić information content (AvgIpc) is 2.51. The molecular weight excluding hydrogens is 302 g/mol. The molecule has 22 heavy (non-hydrogen) atoms. The minimum Gasteiger partial charge on any atom is -0.443 e. The first-order chi connectivity index (χ1) is 9.69. The lowest BCUT2D eigenvalue weighted by atomic mass is 10.2. The fourth-order valence-electron chi connectivity index (χ4n) is 2.41. The van der Waals surface area contributed by atoms with E-state index in [-0.39, 0.29) is 30.6 Å². The number of imide groups is 1. The summed E-state index contributed by atoms with van der Waals surface area (Å²) in [6.45, 7) is 15.3. The van der Waals surface area contributed by atoms with Crippen molar-refractivity contribution in [2.45, 2.75) is 78.4 Å². The summed E-state index contributed by atoms with van der Waals surface area (Å²) >= 11 is 0. The molecule has 0 bridgehead atoms. The first-order valence-corrected chi connectivity index (χ1v) is 10.4. The number of carbonyl (C=O) groups is 2. The molecule has 7 heteroatoms. The molecule has 1 saturated heterocycles. The van der Waals surface area contributed by atoms with Gasteiger partial charge in [0.2, 0.25) is 5.91 Å². The second-order valence-corrected chi connectivity index (χ2v) is 11.3. The van der Waals surface area contributed by atoms with Crippen LogP contribution in [0.5, 0.6) is 0 Å². The second kappa shape index (κ2) is 6.29. The highest BCUT2D eigenvalue weighted by Gasteiger charge is 2.41. The monoisotopic (exact) mass is 331 g/mol. The van der Waals surface area contributed by atoms with Crippen molar-refractivity contribution in [3.8, 4) is 0 Å². The lowest BCUT2D eigenvalue weighted by molar-refractivity contribution is -0.127. The fourth-order valence-corrected chi connectivity index (χ4v) is 4.89. The molecule has 0 aliphatic carbocycles. The predicted octanol–water partition coefficient (Wildman–Crippen LogP) is 3.06. The first kappa shape index (κ1) is 19.1. The predicted molar refractivity (Wildman–Crippen MR) is 85.8 cm³/mol. The van der Waals surface area contributed by atoms with Crippen molar-refractivity contribution >= 4 is 20.6 Å². The molecule has 1 atom stereocenters. The fraction of sp³-hybridized carbons (Fsp3) is 0.867. The molecule has 128 valence electrons. The van der Waals surface area contributed by atoms with Gasteiger partial charge >= 0.3 is 14.7 Å². The van der Waals surface area contributed by atoms with Gasteiger partial charge in [0, 0.05) is 0 Å². The second-order valence-electron chi connectivity index (χ2n) is 8.04. The zero-order valence-corrected chi connectivity index (χ0v) is 16.0. The molecule has 0 N–H and O–H groups in total. The first-order valence-electron chi connectivity index (χ1n) is 7.60. The van der Waals surface area contributed by atoms with Crippen molar-refractivity contribution in [3.05, 3.63) is 0 Å². The highest BCUT2D eigenvalue weighted by Crippen LogP contribution is 2.24. The molecule has 1 heterocycles. The van der Waals surface area contributed by atoms with Crippen molar-refractivity contribution in [1.29, 1.82) is 0 Å². The Morgan fingerprint density at radius 2 is 1.68 bits per heavy atom. The van der Waals surface area contributed by atoms with Crippen LogP contribution in [0.15, 0.2) is 0 Å². The van der Waals surface area contributed by atoms with Gasteiger partial charge in [-0.25, -0.2) is 9.69 Å². The topological polar surface area (TPSA) is 65.1 Å². The van der Waals surface area contributed by atoms with E-state index >= 15 is 0 Å². The Morgan fingerprint density at radius 1 is 1.14 bits per heavy atom. The Kier molecular flexibility index (Phi) is 5.47. The van der Waals surface area contributed by atoms with Gasteiger partial charge in [0.1, 0.15) is 5.60 Å². The molecule has 0 aromatic heterocycles. The van der Waals surface area contributed by atoms with Crippen LogP contribution >= 0.6 is 0 Å². The number of nitrogens with zero attached hydrogens (tertiary/aromatic N) is 1. The molecule has 1 fully saturated rings. The summed E-state index contributed by atoms with van der Waals surface area (Å²) in [7, 11) is -2.38. The number of hydrogen-bond donors (Lipinski definition) is 0. The molecular formula is C15H29NO5Si. The SMILES string of the molecule is CC(C)(C)OC(=O)N1C[C@H](O[Si](C)(C)OC(C)(C)C)CC1=O. The lowest BCUT2D eigenvalue weighted by Gasteiger charge is -2.33.